The summed E-state index contributed by atoms with van der Waals surface area (Å²) in [6.07, 6.45) is -0.619. The van der Waals surface area contributed by atoms with Crippen molar-refractivity contribution >= 4 is 27.4 Å². The Balaban J connectivity index is 1.71. The van der Waals surface area contributed by atoms with E-state index in [9.17, 15) is 5.11 Å². The number of nitrogens with two attached hydrogens (primary N) is 1. The molecule has 8 heteroatoms. The highest BCUT2D eigenvalue weighted by atomic mass is 32.1. The highest BCUT2D eigenvalue weighted by Gasteiger charge is 2.18. The first-order valence-electron chi connectivity index (χ1n) is 9.50. The molecule has 0 aliphatic carbocycles. The Morgan fingerprint density at radius 2 is 2.00 bits per heavy atom. The molecule has 1 aliphatic rings. The molecular formula is C20H25N5O2S. The maximum atomic E-state index is 9.91. The minimum atomic E-state index is -0.619. The molecule has 0 amide bonds. The number of hydrogen-bond acceptors (Lipinski definition) is 8. The van der Waals surface area contributed by atoms with Gasteiger partial charge < -0.3 is 20.9 Å². The normalized spacial score (nSPS) is 16.4. The van der Waals surface area contributed by atoms with E-state index in [4.69, 9.17) is 20.4 Å². The highest BCUT2D eigenvalue weighted by Crippen LogP contribution is 2.37. The summed E-state index contributed by atoms with van der Waals surface area (Å²) in [5.74, 6) is 1.53. The molecule has 2 aromatic heterocycles. The van der Waals surface area contributed by atoms with Crippen molar-refractivity contribution in [3.63, 3.8) is 0 Å². The van der Waals surface area contributed by atoms with E-state index in [0.717, 1.165) is 59.3 Å². The van der Waals surface area contributed by atoms with Crippen LogP contribution >= 0.6 is 11.3 Å². The molecule has 0 radical (unpaired) electrons. The van der Waals surface area contributed by atoms with Crippen LogP contribution in [0.25, 0.3) is 21.3 Å². The van der Waals surface area contributed by atoms with Crippen molar-refractivity contribution < 1.29 is 9.84 Å². The van der Waals surface area contributed by atoms with Gasteiger partial charge in [0, 0.05) is 37.1 Å². The molecular weight excluding hydrogens is 374 g/mol. The fraction of sp³-hybridized carbons (Fsp3) is 0.400. The quantitative estimate of drug-likeness (QED) is 0.558. The molecule has 4 rings (SSSR count). The van der Waals surface area contributed by atoms with Gasteiger partial charge in [0.2, 0.25) is 0 Å². The molecule has 0 saturated carbocycles. The first-order chi connectivity index (χ1) is 13.7. The fourth-order valence-electron chi connectivity index (χ4n) is 3.27. The van der Waals surface area contributed by atoms with Crippen LogP contribution in [0.1, 0.15) is 5.82 Å². The van der Waals surface area contributed by atoms with E-state index in [1.807, 2.05) is 18.2 Å². The lowest BCUT2D eigenvalue weighted by Gasteiger charge is -2.26. The monoisotopic (exact) mass is 399 g/mol. The van der Waals surface area contributed by atoms with Crippen LogP contribution in [0.2, 0.25) is 0 Å². The summed E-state index contributed by atoms with van der Waals surface area (Å²) in [5.41, 5.74) is 7.79. The Morgan fingerprint density at radius 1 is 1.21 bits per heavy atom. The number of benzene rings is 1. The molecule has 4 N–H and O–H groups in total. The summed E-state index contributed by atoms with van der Waals surface area (Å²) >= 11 is 1.62. The summed E-state index contributed by atoms with van der Waals surface area (Å²) < 4.78 is 5.43. The number of nitrogens with zero attached hydrogens (tertiary/aromatic N) is 3. The van der Waals surface area contributed by atoms with Gasteiger partial charge in [0.25, 0.3) is 0 Å². The zero-order valence-electron chi connectivity index (χ0n) is 15.7. The van der Waals surface area contributed by atoms with E-state index in [-0.39, 0.29) is 6.54 Å². The highest BCUT2D eigenvalue weighted by molar-refractivity contribution is 7.17. The zero-order chi connectivity index (χ0) is 19.3. The Labute approximate surface area is 168 Å². The molecule has 1 saturated heterocycles. The van der Waals surface area contributed by atoms with Crippen LogP contribution in [0.4, 0.5) is 5.82 Å². The topological polar surface area (TPSA) is 96.5 Å². The van der Waals surface area contributed by atoms with Crippen LogP contribution in [0.15, 0.2) is 35.7 Å². The van der Waals surface area contributed by atoms with Gasteiger partial charge in [-0.05, 0) is 5.56 Å². The predicted octanol–water partition coefficient (Wildman–Crippen LogP) is 1.92. The van der Waals surface area contributed by atoms with Crippen molar-refractivity contribution in [2.24, 2.45) is 5.73 Å². The Hall–Kier alpha value is -2.10. The van der Waals surface area contributed by atoms with E-state index in [2.05, 4.69) is 27.7 Å². The number of ether oxygens (including phenoxy) is 1. The summed E-state index contributed by atoms with van der Waals surface area (Å²) in [6.45, 7) is 4.50. The number of nitrogens with one attached hydrogen (secondary N) is 1. The van der Waals surface area contributed by atoms with Gasteiger partial charge >= 0.3 is 0 Å². The number of hydrogen-bond donors (Lipinski definition) is 3. The smallest absolute Gasteiger partial charge is 0.146 e. The van der Waals surface area contributed by atoms with E-state index in [0.29, 0.717) is 13.1 Å². The Kier molecular flexibility index (Phi) is 6.13. The lowest BCUT2D eigenvalue weighted by Crippen LogP contribution is -2.36. The third-order valence-corrected chi connectivity index (χ3v) is 5.68. The second kappa shape index (κ2) is 8.93. The molecule has 1 unspecified atom stereocenters. The van der Waals surface area contributed by atoms with Gasteiger partial charge in [-0.15, -0.1) is 11.3 Å². The van der Waals surface area contributed by atoms with Crippen molar-refractivity contribution in [1.82, 2.24) is 14.9 Å². The van der Waals surface area contributed by atoms with Gasteiger partial charge in [-0.25, -0.2) is 9.97 Å². The van der Waals surface area contributed by atoms with Crippen LogP contribution in [0.5, 0.6) is 0 Å². The van der Waals surface area contributed by atoms with Crippen LogP contribution < -0.4 is 11.1 Å². The Morgan fingerprint density at radius 3 is 2.75 bits per heavy atom. The maximum absolute atomic E-state index is 9.91. The van der Waals surface area contributed by atoms with Crippen LogP contribution in [-0.2, 0) is 11.3 Å². The van der Waals surface area contributed by atoms with Crippen LogP contribution in [0, 0.1) is 0 Å². The number of anilines is 1. The number of aliphatic hydroxyl groups is 1. The van der Waals surface area contributed by atoms with Crippen molar-refractivity contribution in [1.29, 1.82) is 0 Å². The SMILES string of the molecule is NCC(O)CNc1nc(CN2CCOCC2)nc2scc(-c3ccccc3)c12. The molecule has 3 heterocycles. The maximum Gasteiger partial charge on any atom is 0.146 e. The molecule has 0 spiro atoms. The molecule has 1 aromatic carbocycles. The van der Waals surface area contributed by atoms with E-state index in [1.165, 1.54) is 0 Å². The predicted molar refractivity (Wildman–Crippen MR) is 112 cm³/mol. The number of rotatable bonds is 7. The number of aromatic nitrogens is 2. The molecule has 1 atom stereocenters. The van der Waals surface area contributed by atoms with Gasteiger partial charge in [-0.1, -0.05) is 30.3 Å². The third kappa shape index (κ3) is 4.31. The first kappa shape index (κ1) is 19.2. The van der Waals surface area contributed by atoms with Crippen molar-refractivity contribution in [2.75, 3.05) is 44.7 Å². The summed E-state index contributed by atoms with van der Waals surface area (Å²) in [6, 6.07) is 10.2. The van der Waals surface area contributed by atoms with E-state index < -0.39 is 6.10 Å². The molecule has 28 heavy (non-hydrogen) atoms. The number of thiophene rings is 1. The zero-order valence-corrected chi connectivity index (χ0v) is 16.5. The molecule has 1 fully saturated rings. The number of morpholine rings is 1. The second-order valence-electron chi connectivity index (χ2n) is 6.84. The third-order valence-electron chi connectivity index (χ3n) is 4.81. The lowest BCUT2D eigenvalue weighted by molar-refractivity contribution is 0.0331. The second-order valence-corrected chi connectivity index (χ2v) is 7.70. The van der Waals surface area contributed by atoms with Crippen LogP contribution in [0.3, 0.4) is 0 Å². The number of fused-ring (bicyclic) bond motifs is 1. The van der Waals surface area contributed by atoms with Crippen molar-refractivity contribution in [3.05, 3.63) is 41.5 Å². The van der Waals surface area contributed by atoms with Gasteiger partial charge in [-0.2, -0.15) is 0 Å². The fourth-order valence-corrected chi connectivity index (χ4v) is 4.24. The van der Waals surface area contributed by atoms with Crippen LogP contribution in [-0.4, -0.2) is 65.5 Å². The van der Waals surface area contributed by atoms with Crippen molar-refractivity contribution in [2.45, 2.75) is 12.6 Å². The molecule has 0 bridgehead atoms. The van der Waals surface area contributed by atoms with Gasteiger partial charge in [0.1, 0.15) is 16.5 Å². The molecule has 7 nitrogen and oxygen atoms in total. The minimum Gasteiger partial charge on any atom is -0.390 e. The van der Waals surface area contributed by atoms with Gasteiger partial charge in [0.05, 0.1) is 31.2 Å². The molecule has 148 valence electrons. The minimum absolute atomic E-state index is 0.205. The summed E-state index contributed by atoms with van der Waals surface area (Å²) in [7, 11) is 0. The Bertz CT molecular complexity index is 912. The number of aliphatic hydroxyl groups excluding tert-OH is 1. The summed E-state index contributed by atoms with van der Waals surface area (Å²) in [5, 5.41) is 16.3. The van der Waals surface area contributed by atoms with Crippen molar-refractivity contribution in [3.8, 4) is 11.1 Å². The molecule has 1 aliphatic heterocycles. The van der Waals surface area contributed by atoms with E-state index in [1.54, 1.807) is 11.3 Å². The average molecular weight is 400 g/mol. The first-order valence-corrected chi connectivity index (χ1v) is 10.4. The standard InChI is InChI=1S/C20H25N5O2S/c21-10-15(26)11-22-19-18-16(14-4-2-1-3-5-14)13-28-20(18)24-17(23-19)12-25-6-8-27-9-7-25/h1-5,13,15,26H,6-12,21H2,(H,22,23,24). The van der Waals surface area contributed by atoms with E-state index >= 15 is 0 Å². The molecule has 3 aromatic rings. The van der Waals surface area contributed by atoms with Gasteiger partial charge in [-0.3, -0.25) is 4.90 Å². The van der Waals surface area contributed by atoms with Gasteiger partial charge in [0.15, 0.2) is 0 Å². The summed E-state index contributed by atoms with van der Waals surface area (Å²) in [4.78, 5) is 12.9. The lowest BCUT2D eigenvalue weighted by atomic mass is 10.1. The largest absolute Gasteiger partial charge is 0.390 e. The average Bonchev–Trinajstić information content (AvgIpc) is 3.17.